The molecule has 0 bridgehead atoms. The van der Waals surface area contributed by atoms with Crippen LogP contribution in [0.3, 0.4) is 0 Å². The summed E-state index contributed by atoms with van der Waals surface area (Å²) in [4.78, 5) is 3.98. The molecule has 0 aromatic heterocycles. The van der Waals surface area contributed by atoms with Crippen molar-refractivity contribution in [3.05, 3.63) is 24.0 Å². The van der Waals surface area contributed by atoms with Gasteiger partial charge in [0.05, 0.1) is 0 Å². The predicted molar refractivity (Wildman–Crippen MR) is 45.9 cm³/mol. The largest absolute Gasteiger partial charge is 0.384 e. The Balaban J connectivity index is 4.35. The van der Waals surface area contributed by atoms with Crippen molar-refractivity contribution in [3.63, 3.8) is 0 Å². The van der Waals surface area contributed by atoms with E-state index in [2.05, 4.69) is 11.6 Å². The summed E-state index contributed by atoms with van der Waals surface area (Å²) in [5.74, 6) is 0.360. The number of hydrogen-bond donors (Lipinski definition) is 1. The van der Waals surface area contributed by atoms with Crippen molar-refractivity contribution in [2.24, 2.45) is 10.7 Å². The molecule has 0 rings (SSSR count). The molecule has 0 spiro atoms. The van der Waals surface area contributed by atoms with Crippen LogP contribution in [0.2, 0.25) is 0 Å². The van der Waals surface area contributed by atoms with E-state index in [4.69, 9.17) is 5.73 Å². The summed E-state index contributed by atoms with van der Waals surface area (Å²) in [6, 6.07) is 0. The second-order valence-corrected chi connectivity index (χ2v) is 2.16. The zero-order valence-corrected chi connectivity index (χ0v) is 6.81. The van der Waals surface area contributed by atoms with E-state index < -0.39 is 0 Å². The highest BCUT2D eigenvalue weighted by molar-refractivity contribution is 5.98. The van der Waals surface area contributed by atoms with Crippen molar-refractivity contribution >= 4 is 5.71 Å². The molecule has 0 radical (unpaired) electrons. The maximum atomic E-state index is 5.28. The number of nitrogens with zero attached hydrogens (tertiary/aromatic N) is 1. The first kappa shape index (κ1) is 8.95. The Morgan fingerprint density at radius 3 is 2.30 bits per heavy atom. The Kier molecular flexibility index (Phi) is 3.47. The fourth-order valence-electron chi connectivity index (χ4n) is 0.512. The third-order valence-electron chi connectivity index (χ3n) is 1.32. The fraction of sp³-hybridized carbons (Fsp3) is 0.375. The van der Waals surface area contributed by atoms with Gasteiger partial charge in [0, 0.05) is 5.71 Å². The van der Waals surface area contributed by atoms with Crippen molar-refractivity contribution in [2.75, 3.05) is 0 Å². The molecule has 0 fully saturated rings. The molecule has 0 heterocycles. The summed E-state index contributed by atoms with van der Waals surface area (Å²) in [5.41, 5.74) is 7.33. The van der Waals surface area contributed by atoms with Crippen LogP contribution in [0.1, 0.15) is 20.8 Å². The first-order valence-electron chi connectivity index (χ1n) is 3.21. The van der Waals surface area contributed by atoms with E-state index in [9.17, 15) is 0 Å². The highest BCUT2D eigenvalue weighted by Crippen LogP contribution is 1.97. The minimum atomic E-state index is 0.360. The minimum absolute atomic E-state index is 0.360. The molecule has 0 unspecified atom stereocenters. The van der Waals surface area contributed by atoms with Crippen molar-refractivity contribution in [1.29, 1.82) is 0 Å². The Labute approximate surface area is 62.1 Å². The molecule has 0 amide bonds. The standard InChI is InChI=1S/C8H14N2/c1-5-6(2)7(3)10-8(4)9/h5H,4,9H2,1-3H3/b6-5-,10-7?. The monoisotopic (exact) mass is 138 g/mol. The lowest BCUT2D eigenvalue weighted by molar-refractivity contribution is 1.25. The number of hydrogen-bond acceptors (Lipinski definition) is 2. The number of aliphatic imine (C=N–C) groups is 1. The van der Waals surface area contributed by atoms with E-state index in [0.29, 0.717) is 5.82 Å². The van der Waals surface area contributed by atoms with Crippen LogP contribution >= 0.6 is 0 Å². The van der Waals surface area contributed by atoms with Gasteiger partial charge in [-0.2, -0.15) is 0 Å². The van der Waals surface area contributed by atoms with Gasteiger partial charge in [0.1, 0.15) is 5.82 Å². The Hall–Kier alpha value is -1.05. The van der Waals surface area contributed by atoms with Crippen LogP contribution in [0.25, 0.3) is 0 Å². The molecule has 0 atom stereocenters. The molecule has 10 heavy (non-hydrogen) atoms. The van der Waals surface area contributed by atoms with Crippen LogP contribution < -0.4 is 5.73 Å². The Morgan fingerprint density at radius 1 is 1.50 bits per heavy atom. The van der Waals surface area contributed by atoms with Crippen molar-refractivity contribution < 1.29 is 0 Å². The Bertz CT molecular complexity index is 187. The van der Waals surface area contributed by atoms with E-state index in [0.717, 1.165) is 11.3 Å². The van der Waals surface area contributed by atoms with Gasteiger partial charge in [0.2, 0.25) is 0 Å². The molecule has 0 saturated carbocycles. The van der Waals surface area contributed by atoms with E-state index in [1.807, 2.05) is 26.8 Å². The molecule has 0 saturated heterocycles. The third kappa shape index (κ3) is 3.07. The molecule has 2 heteroatoms. The van der Waals surface area contributed by atoms with E-state index in [1.165, 1.54) is 0 Å². The van der Waals surface area contributed by atoms with E-state index in [-0.39, 0.29) is 0 Å². The number of allylic oxidation sites excluding steroid dienone is 2. The molecule has 0 aliphatic carbocycles. The van der Waals surface area contributed by atoms with Crippen LogP contribution in [-0.4, -0.2) is 5.71 Å². The van der Waals surface area contributed by atoms with Crippen LogP contribution in [0, 0.1) is 0 Å². The van der Waals surface area contributed by atoms with Gasteiger partial charge in [-0.25, -0.2) is 4.99 Å². The summed E-state index contributed by atoms with van der Waals surface area (Å²) in [7, 11) is 0. The summed E-state index contributed by atoms with van der Waals surface area (Å²) < 4.78 is 0. The fourth-order valence-corrected chi connectivity index (χ4v) is 0.512. The van der Waals surface area contributed by atoms with Gasteiger partial charge in [-0.3, -0.25) is 0 Å². The van der Waals surface area contributed by atoms with Crippen LogP contribution in [0.5, 0.6) is 0 Å². The van der Waals surface area contributed by atoms with Crippen molar-refractivity contribution in [1.82, 2.24) is 0 Å². The lowest BCUT2D eigenvalue weighted by atomic mass is 10.2. The lowest BCUT2D eigenvalue weighted by Gasteiger charge is -1.97. The van der Waals surface area contributed by atoms with Gasteiger partial charge in [-0.1, -0.05) is 12.7 Å². The minimum Gasteiger partial charge on any atom is -0.384 e. The van der Waals surface area contributed by atoms with E-state index in [1.54, 1.807) is 0 Å². The summed E-state index contributed by atoms with van der Waals surface area (Å²) in [6.07, 6.45) is 1.99. The third-order valence-corrected chi connectivity index (χ3v) is 1.32. The van der Waals surface area contributed by atoms with Gasteiger partial charge in [-0.05, 0) is 26.3 Å². The summed E-state index contributed by atoms with van der Waals surface area (Å²) in [5, 5.41) is 0. The Morgan fingerprint density at radius 2 is 2.00 bits per heavy atom. The lowest BCUT2D eigenvalue weighted by Crippen LogP contribution is -1.98. The second kappa shape index (κ2) is 3.88. The van der Waals surface area contributed by atoms with Gasteiger partial charge < -0.3 is 5.73 Å². The maximum absolute atomic E-state index is 5.28. The average molecular weight is 138 g/mol. The molecule has 56 valence electrons. The van der Waals surface area contributed by atoms with Gasteiger partial charge >= 0.3 is 0 Å². The van der Waals surface area contributed by atoms with Crippen LogP contribution in [0.15, 0.2) is 29.0 Å². The second-order valence-electron chi connectivity index (χ2n) is 2.16. The average Bonchev–Trinajstić information content (AvgIpc) is 1.85. The summed E-state index contributed by atoms with van der Waals surface area (Å²) in [6.45, 7) is 9.34. The van der Waals surface area contributed by atoms with Gasteiger partial charge in [0.15, 0.2) is 0 Å². The van der Waals surface area contributed by atoms with Crippen molar-refractivity contribution in [2.45, 2.75) is 20.8 Å². The SMILES string of the molecule is C=C(N)N=C(C)/C(C)=C\C. The number of nitrogens with two attached hydrogens (primary N) is 1. The highest BCUT2D eigenvalue weighted by Gasteiger charge is 1.90. The van der Waals surface area contributed by atoms with Crippen molar-refractivity contribution in [3.8, 4) is 0 Å². The predicted octanol–water partition coefficient (Wildman–Crippen LogP) is 1.84. The molecular weight excluding hydrogens is 124 g/mol. The molecule has 2 N–H and O–H groups in total. The molecular formula is C8H14N2. The summed E-state index contributed by atoms with van der Waals surface area (Å²) >= 11 is 0. The smallest absolute Gasteiger partial charge is 0.116 e. The number of rotatable bonds is 2. The molecule has 2 nitrogen and oxygen atoms in total. The highest BCUT2D eigenvalue weighted by atomic mass is 14.9. The first-order valence-corrected chi connectivity index (χ1v) is 3.21. The zero-order chi connectivity index (χ0) is 8.15. The zero-order valence-electron chi connectivity index (χ0n) is 6.81. The van der Waals surface area contributed by atoms with Crippen LogP contribution in [0.4, 0.5) is 0 Å². The molecule has 0 aromatic rings. The molecule has 0 aromatic carbocycles. The molecule has 0 aliphatic rings. The normalized spacial score (nSPS) is 13.5. The topological polar surface area (TPSA) is 38.4 Å². The molecule has 0 aliphatic heterocycles. The van der Waals surface area contributed by atoms with E-state index >= 15 is 0 Å². The maximum Gasteiger partial charge on any atom is 0.116 e. The first-order chi connectivity index (χ1) is 4.57. The van der Waals surface area contributed by atoms with Gasteiger partial charge in [0.25, 0.3) is 0 Å². The quantitative estimate of drug-likeness (QED) is 0.581. The van der Waals surface area contributed by atoms with Gasteiger partial charge in [-0.15, -0.1) is 0 Å². The van der Waals surface area contributed by atoms with Crippen LogP contribution in [-0.2, 0) is 0 Å².